The minimum absolute atomic E-state index is 0.0389. The van der Waals surface area contributed by atoms with Crippen molar-refractivity contribution >= 4 is 16.7 Å². The number of carbonyl (C=O) groups is 1. The van der Waals surface area contributed by atoms with Crippen molar-refractivity contribution in [1.29, 1.82) is 0 Å². The van der Waals surface area contributed by atoms with E-state index in [4.69, 9.17) is 0 Å². The largest absolute Gasteiger partial charge is 0.349 e. The van der Waals surface area contributed by atoms with Crippen LogP contribution < -0.4 is 10.9 Å². The molecule has 0 atom stereocenters. The molecule has 6 rings (SSSR count). The highest BCUT2D eigenvalue weighted by molar-refractivity contribution is 5.95. The van der Waals surface area contributed by atoms with Crippen molar-refractivity contribution in [3.05, 3.63) is 88.6 Å². The molecule has 0 saturated heterocycles. The summed E-state index contributed by atoms with van der Waals surface area (Å²) in [5.41, 5.74) is 2.66. The zero-order chi connectivity index (χ0) is 21.7. The van der Waals surface area contributed by atoms with Crippen LogP contribution in [0.1, 0.15) is 47.7 Å². The second-order valence-corrected chi connectivity index (χ2v) is 9.17. The summed E-state index contributed by atoms with van der Waals surface area (Å²) in [4.78, 5) is 24.8. The topological polar surface area (TPSA) is 92.7 Å². The molecular weight excluding hydrogens is 402 g/mol. The van der Waals surface area contributed by atoms with E-state index in [9.17, 15) is 9.59 Å². The highest BCUT2D eigenvalue weighted by Gasteiger charge is 2.54. The minimum Gasteiger partial charge on any atom is -0.349 e. The highest BCUT2D eigenvalue weighted by Crippen LogP contribution is 2.62. The molecule has 2 saturated carbocycles. The zero-order valence-corrected chi connectivity index (χ0v) is 17.5. The van der Waals surface area contributed by atoms with Gasteiger partial charge in [0.1, 0.15) is 0 Å². The van der Waals surface area contributed by atoms with Crippen LogP contribution in [0.25, 0.3) is 16.5 Å². The number of H-pyrrole nitrogens is 1. The molecule has 2 N–H and O–H groups in total. The van der Waals surface area contributed by atoms with Gasteiger partial charge in [-0.25, -0.2) is 9.78 Å². The van der Waals surface area contributed by atoms with Gasteiger partial charge in [0.2, 0.25) is 0 Å². The normalized spacial score (nSPS) is 24.1. The number of aromatic nitrogens is 4. The van der Waals surface area contributed by atoms with Gasteiger partial charge in [0.25, 0.3) is 11.5 Å². The van der Waals surface area contributed by atoms with E-state index >= 15 is 0 Å². The average molecular weight is 425 g/mol. The Morgan fingerprint density at radius 2 is 1.84 bits per heavy atom. The number of carbonyl (C=O) groups excluding carboxylic acids is 1. The van der Waals surface area contributed by atoms with Gasteiger partial charge in [-0.3, -0.25) is 9.59 Å². The van der Waals surface area contributed by atoms with Crippen LogP contribution in [0.3, 0.4) is 0 Å². The summed E-state index contributed by atoms with van der Waals surface area (Å²) >= 11 is 0. The van der Waals surface area contributed by atoms with Crippen LogP contribution >= 0.6 is 0 Å². The second kappa shape index (κ2) is 7.15. The van der Waals surface area contributed by atoms with Gasteiger partial charge in [0, 0.05) is 35.3 Å². The molecule has 2 aliphatic carbocycles. The number of benzene rings is 2. The summed E-state index contributed by atoms with van der Waals surface area (Å²) in [5.74, 6) is 0.321. The third kappa shape index (κ3) is 3.12. The summed E-state index contributed by atoms with van der Waals surface area (Å²) in [7, 11) is 0. The monoisotopic (exact) mass is 425 g/mol. The highest BCUT2D eigenvalue weighted by atomic mass is 16.1. The lowest BCUT2D eigenvalue weighted by molar-refractivity contribution is -0.0196. The molecule has 2 heterocycles. The Balaban J connectivity index is 1.09. The fourth-order valence-corrected chi connectivity index (χ4v) is 5.53. The number of fused-ring (bicyclic) bond motifs is 1. The minimum atomic E-state index is -0.138. The van der Waals surface area contributed by atoms with Crippen LogP contribution in [0.15, 0.2) is 71.8 Å². The van der Waals surface area contributed by atoms with Crippen LogP contribution in [-0.2, 0) is 0 Å². The molecule has 160 valence electrons. The van der Waals surface area contributed by atoms with E-state index in [1.54, 1.807) is 10.9 Å². The first-order chi connectivity index (χ1) is 15.6. The molecule has 0 unspecified atom stereocenters. The van der Waals surface area contributed by atoms with E-state index in [0.717, 1.165) is 42.5 Å². The number of hydrogen-bond donors (Lipinski definition) is 2. The molecule has 4 aromatic rings. The maximum absolute atomic E-state index is 12.8. The summed E-state index contributed by atoms with van der Waals surface area (Å²) in [6.45, 7) is 0. The molecule has 32 heavy (non-hydrogen) atoms. The van der Waals surface area contributed by atoms with Gasteiger partial charge < -0.3 is 5.32 Å². The Bertz CT molecular complexity index is 1360. The van der Waals surface area contributed by atoms with Crippen molar-refractivity contribution in [2.45, 2.75) is 37.6 Å². The van der Waals surface area contributed by atoms with Crippen LogP contribution in [-0.4, -0.2) is 31.9 Å². The molecule has 2 aromatic carbocycles. The maximum atomic E-state index is 12.8. The number of amides is 1. The van der Waals surface area contributed by atoms with Crippen LogP contribution in [0.2, 0.25) is 0 Å². The third-order valence-electron chi connectivity index (χ3n) is 7.04. The van der Waals surface area contributed by atoms with Gasteiger partial charge in [0.15, 0.2) is 0 Å². The summed E-state index contributed by atoms with van der Waals surface area (Å²) < 4.78 is 1.75. The van der Waals surface area contributed by atoms with Crippen LogP contribution in [0, 0.1) is 5.41 Å². The van der Waals surface area contributed by atoms with E-state index in [1.165, 1.54) is 0 Å². The van der Waals surface area contributed by atoms with Gasteiger partial charge in [0.05, 0.1) is 16.8 Å². The molecule has 0 aliphatic heterocycles. The molecule has 2 aliphatic rings. The number of aromatic amines is 1. The van der Waals surface area contributed by atoms with Crippen LogP contribution in [0.4, 0.5) is 0 Å². The van der Waals surface area contributed by atoms with E-state index in [-0.39, 0.29) is 17.5 Å². The van der Waals surface area contributed by atoms with Crippen molar-refractivity contribution in [3.63, 3.8) is 0 Å². The second-order valence-electron chi connectivity index (χ2n) is 9.17. The Hall–Kier alpha value is -3.74. The molecule has 2 aromatic heterocycles. The number of hydrogen-bond acceptors (Lipinski definition) is 4. The van der Waals surface area contributed by atoms with E-state index in [0.29, 0.717) is 22.3 Å². The van der Waals surface area contributed by atoms with E-state index in [2.05, 4.69) is 20.6 Å². The smallest absolute Gasteiger partial charge is 0.272 e. The molecule has 7 heteroatoms. The lowest BCUT2D eigenvalue weighted by Gasteiger charge is -2.57. The number of nitrogens with one attached hydrogen (secondary N) is 2. The lowest BCUT2D eigenvalue weighted by atomic mass is 9.49. The molecule has 7 nitrogen and oxygen atoms in total. The lowest BCUT2D eigenvalue weighted by Crippen LogP contribution is -2.55. The summed E-state index contributed by atoms with van der Waals surface area (Å²) in [5, 5.41) is 16.1. The van der Waals surface area contributed by atoms with Gasteiger partial charge in [-0.05, 0) is 61.4 Å². The quantitative estimate of drug-likeness (QED) is 0.523. The molecule has 1 spiro atoms. The SMILES string of the molecule is O=C(N[C@H]1CC2(C1)C[C@H](c1n[nH]c(=O)c3ccccc31)C2)c1cccc(-n2cccn2)c1. The van der Waals surface area contributed by atoms with Crippen molar-refractivity contribution in [2.75, 3.05) is 0 Å². The van der Waals surface area contributed by atoms with Crippen molar-refractivity contribution in [3.8, 4) is 5.69 Å². The van der Waals surface area contributed by atoms with Gasteiger partial charge in [-0.15, -0.1) is 0 Å². The molecular formula is C25H23N5O2. The third-order valence-corrected chi connectivity index (χ3v) is 7.04. The standard InChI is InChI=1S/C25H23N5O2/c31-23(16-5-3-6-19(11-16)30-10-4-9-26-30)27-18-14-25(15-18)12-17(13-25)22-20-7-1-2-8-21(20)24(32)29-28-22/h1-11,17-18H,12-15H2,(H,27,31)(H,29,32)/t17-,18-,25?. The van der Waals surface area contributed by atoms with Crippen molar-refractivity contribution < 1.29 is 4.79 Å². The van der Waals surface area contributed by atoms with Gasteiger partial charge >= 0.3 is 0 Å². The fourth-order valence-electron chi connectivity index (χ4n) is 5.53. The maximum Gasteiger partial charge on any atom is 0.272 e. The average Bonchev–Trinajstić information content (AvgIpc) is 3.30. The molecule has 0 radical (unpaired) electrons. The Morgan fingerprint density at radius 1 is 1.03 bits per heavy atom. The van der Waals surface area contributed by atoms with Gasteiger partial charge in [-0.1, -0.05) is 24.3 Å². The predicted octanol–water partition coefficient (Wildman–Crippen LogP) is 3.57. The summed E-state index contributed by atoms with van der Waals surface area (Å²) in [6.07, 6.45) is 7.68. The Kier molecular flexibility index (Phi) is 4.24. The first kappa shape index (κ1) is 19.0. The predicted molar refractivity (Wildman–Crippen MR) is 121 cm³/mol. The van der Waals surface area contributed by atoms with Crippen molar-refractivity contribution in [2.24, 2.45) is 5.41 Å². The Labute approximate surface area is 184 Å². The number of rotatable bonds is 4. The van der Waals surface area contributed by atoms with E-state index < -0.39 is 0 Å². The molecule has 2 fully saturated rings. The zero-order valence-electron chi connectivity index (χ0n) is 17.5. The van der Waals surface area contributed by atoms with Crippen molar-refractivity contribution in [1.82, 2.24) is 25.3 Å². The first-order valence-electron chi connectivity index (χ1n) is 11.0. The fraction of sp³-hybridized carbons (Fsp3) is 0.280. The van der Waals surface area contributed by atoms with Gasteiger partial charge in [-0.2, -0.15) is 10.2 Å². The molecule has 1 amide bonds. The Morgan fingerprint density at radius 3 is 2.62 bits per heavy atom. The van der Waals surface area contributed by atoms with E-state index in [1.807, 2.05) is 60.8 Å². The first-order valence-corrected chi connectivity index (χ1v) is 11.0. The number of nitrogens with zero attached hydrogens (tertiary/aromatic N) is 3. The summed E-state index contributed by atoms with van der Waals surface area (Å²) in [6, 6.07) is 17.3. The van der Waals surface area contributed by atoms with Crippen LogP contribution in [0.5, 0.6) is 0 Å². The molecule has 0 bridgehead atoms.